The van der Waals surface area contributed by atoms with Gasteiger partial charge < -0.3 is 14.8 Å². The summed E-state index contributed by atoms with van der Waals surface area (Å²) in [5, 5.41) is 3.21. The maximum absolute atomic E-state index is 13.2. The Morgan fingerprint density at radius 2 is 1.74 bits per heavy atom. The fraction of sp³-hybridized carbons (Fsp3) is 0.520. The number of carbonyl (C=O) groups excluding carboxylic acids is 1. The van der Waals surface area contributed by atoms with Crippen LogP contribution in [-0.2, 0) is 22.3 Å². The van der Waals surface area contributed by atoms with Crippen molar-refractivity contribution in [3.8, 4) is 0 Å². The second-order valence-electron chi connectivity index (χ2n) is 9.92. The maximum Gasteiger partial charge on any atom is 0.317 e. The van der Waals surface area contributed by atoms with Gasteiger partial charge in [0, 0.05) is 37.3 Å². The van der Waals surface area contributed by atoms with Gasteiger partial charge in [0.15, 0.2) is 0 Å². The molecular formula is C25H32N4O4S. The molecular weight excluding hydrogens is 452 g/mol. The van der Waals surface area contributed by atoms with Crippen LogP contribution >= 0.6 is 0 Å². The number of hydrogen-bond acceptors (Lipinski definition) is 4. The van der Waals surface area contributed by atoms with Crippen molar-refractivity contribution in [1.29, 1.82) is 0 Å². The van der Waals surface area contributed by atoms with Gasteiger partial charge in [-0.2, -0.15) is 0 Å². The molecule has 9 heteroatoms. The molecule has 2 aromatic rings. The maximum atomic E-state index is 13.2. The molecule has 0 unspecified atom stereocenters. The minimum Gasteiger partial charge on any atom is -0.335 e. The predicted octanol–water partition coefficient (Wildman–Crippen LogP) is 3.25. The van der Waals surface area contributed by atoms with Crippen LogP contribution in [0.15, 0.2) is 47.3 Å². The first-order chi connectivity index (χ1) is 16.4. The zero-order chi connectivity index (χ0) is 23.7. The first-order valence-electron chi connectivity index (χ1n) is 12.2. The third-order valence-electron chi connectivity index (χ3n) is 7.29. The predicted molar refractivity (Wildman–Crippen MR) is 131 cm³/mol. The Kier molecular flexibility index (Phi) is 6.38. The zero-order valence-corrected chi connectivity index (χ0v) is 20.1. The number of nitrogens with zero attached hydrogens (tertiary/aromatic N) is 2. The molecule has 5 rings (SSSR count). The molecule has 2 amide bonds. The summed E-state index contributed by atoms with van der Waals surface area (Å²) >= 11 is 0. The molecule has 2 fully saturated rings. The van der Waals surface area contributed by atoms with E-state index in [2.05, 4.69) is 10.0 Å². The number of nitrogens with one attached hydrogen (secondary N) is 2. The van der Waals surface area contributed by atoms with Gasteiger partial charge in [0.1, 0.15) is 5.69 Å². The number of fused-ring (bicyclic) bond motifs is 4. The van der Waals surface area contributed by atoms with Crippen LogP contribution in [0.1, 0.15) is 55.7 Å². The minimum absolute atomic E-state index is 0.00249. The van der Waals surface area contributed by atoms with Gasteiger partial charge in [0.25, 0.3) is 5.56 Å². The van der Waals surface area contributed by atoms with Crippen LogP contribution < -0.4 is 15.6 Å². The fourth-order valence-corrected chi connectivity index (χ4v) is 6.89. The molecule has 0 spiro atoms. The summed E-state index contributed by atoms with van der Waals surface area (Å²) in [4.78, 5) is 28.0. The molecule has 1 saturated heterocycles. The Hall–Kier alpha value is -2.81. The molecule has 34 heavy (non-hydrogen) atoms. The van der Waals surface area contributed by atoms with Crippen molar-refractivity contribution in [2.75, 3.05) is 17.8 Å². The molecule has 3 heterocycles. The van der Waals surface area contributed by atoms with E-state index in [1.165, 1.54) is 19.3 Å². The molecule has 2 aliphatic heterocycles. The molecule has 1 aromatic carbocycles. The molecule has 3 aliphatic rings. The number of benzene rings is 1. The van der Waals surface area contributed by atoms with Gasteiger partial charge in [0.2, 0.25) is 10.0 Å². The molecule has 0 radical (unpaired) electrons. The quantitative estimate of drug-likeness (QED) is 0.680. The second-order valence-corrected chi connectivity index (χ2v) is 11.6. The smallest absolute Gasteiger partial charge is 0.317 e. The first kappa shape index (κ1) is 23.0. The normalized spacial score (nSPS) is 22.6. The first-order valence-corrected chi connectivity index (χ1v) is 13.9. The van der Waals surface area contributed by atoms with Crippen LogP contribution in [0.25, 0.3) is 0 Å². The standard InChI is InChI=1S/C25H32N4O4S/c30-24-22(27-34(32,33)17-18-7-3-1-4-8-18)11-12-23-20-13-19(15-29(23)24)14-28(16-20)25(31)26-21-9-5-2-6-10-21/h1,3-4,7-8,11-12,19-21,27H,2,5-6,9-10,13-17H2,(H,26,31)/t19-,20-/m1/s1. The van der Waals surface area contributed by atoms with Gasteiger partial charge in [-0.1, -0.05) is 49.6 Å². The zero-order valence-electron chi connectivity index (χ0n) is 19.3. The van der Waals surface area contributed by atoms with E-state index >= 15 is 0 Å². The van der Waals surface area contributed by atoms with E-state index in [0.29, 0.717) is 25.2 Å². The van der Waals surface area contributed by atoms with E-state index in [0.717, 1.165) is 25.0 Å². The average molecular weight is 485 g/mol. The van der Waals surface area contributed by atoms with Crippen LogP contribution in [0.4, 0.5) is 10.5 Å². The lowest BCUT2D eigenvalue weighted by Gasteiger charge is -2.43. The van der Waals surface area contributed by atoms with Crippen LogP contribution in [0.3, 0.4) is 0 Å². The highest BCUT2D eigenvalue weighted by Crippen LogP contribution is 2.35. The van der Waals surface area contributed by atoms with Gasteiger partial charge in [0.05, 0.1) is 5.75 Å². The second kappa shape index (κ2) is 9.44. The summed E-state index contributed by atoms with van der Waals surface area (Å²) in [5.74, 6) is 0.0650. The van der Waals surface area contributed by atoms with E-state index in [1.807, 2.05) is 17.0 Å². The van der Waals surface area contributed by atoms with Crippen molar-refractivity contribution in [3.05, 3.63) is 64.1 Å². The largest absolute Gasteiger partial charge is 0.335 e. The highest BCUT2D eigenvalue weighted by molar-refractivity contribution is 7.91. The summed E-state index contributed by atoms with van der Waals surface area (Å²) in [6, 6.07) is 12.6. The van der Waals surface area contributed by atoms with Gasteiger partial charge in [-0.3, -0.25) is 9.52 Å². The van der Waals surface area contributed by atoms with Crippen LogP contribution in [0, 0.1) is 5.92 Å². The molecule has 1 aromatic heterocycles. The van der Waals surface area contributed by atoms with E-state index in [-0.39, 0.29) is 40.9 Å². The van der Waals surface area contributed by atoms with Crippen molar-refractivity contribution >= 4 is 21.7 Å². The Balaban J connectivity index is 1.30. The number of pyridine rings is 1. The molecule has 182 valence electrons. The number of hydrogen-bond donors (Lipinski definition) is 2. The Morgan fingerprint density at radius 1 is 0.971 bits per heavy atom. The SMILES string of the molecule is O=C(NC1CCCCC1)N1C[C@H]2C[C@H](C1)c1ccc(NS(=O)(=O)Cc3ccccc3)c(=O)n1C2. The number of piperidine rings is 1. The highest BCUT2D eigenvalue weighted by Gasteiger charge is 2.37. The molecule has 8 nitrogen and oxygen atoms in total. The van der Waals surface area contributed by atoms with E-state index in [4.69, 9.17) is 0 Å². The third kappa shape index (κ3) is 4.99. The Labute approximate surface area is 200 Å². The number of likely N-dealkylation sites (tertiary alicyclic amines) is 1. The van der Waals surface area contributed by atoms with Gasteiger partial charge in [-0.15, -0.1) is 0 Å². The Bertz CT molecular complexity index is 1210. The van der Waals surface area contributed by atoms with Crippen molar-refractivity contribution in [3.63, 3.8) is 0 Å². The number of aromatic nitrogens is 1. The molecule has 1 aliphatic carbocycles. The van der Waals surface area contributed by atoms with Crippen LogP contribution in [-0.4, -0.2) is 43.0 Å². The number of rotatable bonds is 5. The van der Waals surface area contributed by atoms with Gasteiger partial charge in [-0.25, -0.2) is 13.2 Å². The van der Waals surface area contributed by atoms with E-state index < -0.39 is 10.0 Å². The van der Waals surface area contributed by atoms with Crippen LogP contribution in [0.2, 0.25) is 0 Å². The van der Waals surface area contributed by atoms with E-state index in [9.17, 15) is 18.0 Å². The van der Waals surface area contributed by atoms with E-state index in [1.54, 1.807) is 34.9 Å². The lowest BCUT2D eigenvalue weighted by molar-refractivity contribution is 0.127. The topological polar surface area (TPSA) is 101 Å². The van der Waals surface area contributed by atoms with Crippen molar-refractivity contribution in [2.24, 2.45) is 5.92 Å². The summed E-state index contributed by atoms with van der Waals surface area (Å²) in [6.45, 7) is 1.69. The molecule has 2 N–H and O–H groups in total. The van der Waals surface area contributed by atoms with Crippen molar-refractivity contribution < 1.29 is 13.2 Å². The fourth-order valence-electron chi connectivity index (χ4n) is 5.70. The lowest BCUT2D eigenvalue weighted by Crippen LogP contribution is -2.53. The minimum atomic E-state index is -3.71. The number of anilines is 1. The molecule has 2 atom stereocenters. The third-order valence-corrected chi connectivity index (χ3v) is 8.53. The number of amides is 2. The number of sulfonamides is 1. The lowest BCUT2D eigenvalue weighted by atomic mass is 9.83. The van der Waals surface area contributed by atoms with Crippen molar-refractivity contribution in [1.82, 2.24) is 14.8 Å². The summed E-state index contributed by atoms with van der Waals surface area (Å²) < 4.78 is 29.5. The average Bonchev–Trinajstić information content (AvgIpc) is 2.82. The van der Waals surface area contributed by atoms with Gasteiger partial charge >= 0.3 is 6.03 Å². The Morgan fingerprint density at radius 3 is 2.50 bits per heavy atom. The summed E-state index contributed by atoms with van der Waals surface area (Å²) in [5.41, 5.74) is 1.30. The highest BCUT2D eigenvalue weighted by atomic mass is 32.2. The monoisotopic (exact) mass is 484 g/mol. The summed E-state index contributed by atoms with van der Waals surface area (Å²) in [7, 11) is -3.71. The summed E-state index contributed by atoms with van der Waals surface area (Å²) in [6.07, 6.45) is 6.62. The van der Waals surface area contributed by atoms with Gasteiger partial charge in [-0.05, 0) is 42.9 Å². The van der Waals surface area contributed by atoms with Crippen LogP contribution in [0.5, 0.6) is 0 Å². The molecule has 1 saturated carbocycles. The molecule has 2 bridgehead atoms. The number of carbonyl (C=O) groups is 1. The number of urea groups is 1. The van der Waals surface area contributed by atoms with Crippen molar-refractivity contribution in [2.45, 2.75) is 62.8 Å².